The van der Waals surface area contributed by atoms with Gasteiger partial charge in [-0.25, -0.2) is 0 Å². The fourth-order valence-electron chi connectivity index (χ4n) is 9.01. The fraction of sp³-hybridized carbons (Fsp3) is 0.0741. The van der Waals surface area contributed by atoms with Gasteiger partial charge in [0.1, 0.15) is 0 Å². The average molecular weight is 704 g/mol. The Morgan fingerprint density at radius 3 is 1.33 bits per heavy atom. The highest BCUT2D eigenvalue weighted by molar-refractivity contribution is 6.20. The normalized spacial score (nSPS) is 12.7. The molecule has 0 aliphatic carbocycles. The molecule has 0 radical (unpaired) electrons. The van der Waals surface area contributed by atoms with Crippen molar-refractivity contribution in [2.45, 2.75) is 25.2 Å². The Labute approximate surface area is 322 Å². The third-order valence-electron chi connectivity index (χ3n) is 11.8. The number of aromatic nitrogens is 1. The molecule has 9 aromatic carbocycles. The Hall–Kier alpha value is -6.70. The minimum absolute atomic E-state index is 0.367. The highest BCUT2D eigenvalue weighted by Gasteiger charge is 2.23. The topological polar surface area (TPSA) is 4.93 Å². The molecule has 0 N–H and O–H groups in total. The minimum Gasteiger partial charge on any atom is -0.308 e. The van der Waals surface area contributed by atoms with Crippen molar-refractivity contribution in [1.29, 1.82) is 0 Å². The Balaban J connectivity index is 1.03. The first-order valence-corrected chi connectivity index (χ1v) is 19.4. The van der Waals surface area contributed by atoms with Crippen molar-refractivity contribution in [1.82, 2.24) is 4.57 Å². The summed E-state index contributed by atoms with van der Waals surface area (Å²) in [5.41, 5.74) is 12.8. The zero-order valence-electron chi connectivity index (χ0n) is 30.9. The third kappa shape index (κ3) is 5.81. The van der Waals surface area contributed by atoms with E-state index < -0.39 is 0 Å². The van der Waals surface area contributed by atoms with E-state index in [1.165, 1.54) is 88.0 Å². The summed E-state index contributed by atoms with van der Waals surface area (Å²) in [5.74, 6) is 0.755. The van der Waals surface area contributed by atoms with Gasteiger partial charge in [0.05, 0.1) is 16.7 Å². The van der Waals surface area contributed by atoms with Gasteiger partial charge in [-0.3, -0.25) is 0 Å². The highest BCUT2D eigenvalue weighted by Crippen LogP contribution is 2.44. The molecule has 0 spiro atoms. The van der Waals surface area contributed by atoms with Crippen LogP contribution in [0, 0.1) is 0 Å². The number of benzene rings is 9. The van der Waals surface area contributed by atoms with Gasteiger partial charge < -0.3 is 4.57 Å². The molecule has 0 fully saturated rings. The molecule has 2 atom stereocenters. The molecule has 0 saturated heterocycles. The van der Waals surface area contributed by atoms with Crippen LogP contribution in [0.25, 0.3) is 71.3 Å². The number of nitrogens with zero attached hydrogens (tertiary/aromatic N) is 1. The predicted molar refractivity (Wildman–Crippen MR) is 234 cm³/mol. The van der Waals surface area contributed by atoms with E-state index in [-0.39, 0.29) is 0 Å². The lowest BCUT2D eigenvalue weighted by Gasteiger charge is -2.25. The minimum atomic E-state index is 0.367. The molecule has 0 amide bonds. The van der Waals surface area contributed by atoms with Crippen LogP contribution in [0.1, 0.15) is 35.4 Å². The summed E-state index contributed by atoms with van der Waals surface area (Å²) in [6.07, 6.45) is 1.01. The van der Waals surface area contributed by atoms with Crippen LogP contribution in [0.2, 0.25) is 0 Å². The summed E-state index contributed by atoms with van der Waals surface area (Å²) in [6.45, 7) is 2.38. The van der Waals surface area contributed by atoms with Gasteiger partial charge in [-0.05, 0) is 80.1 Å². The first kappa shape index (κ1) is 32.9. The first-order chi connectivity index (χ1) is 27.2. The number of para-hydroxylation sites is 2. The molecule has 0 aliphatic rings. The molecule has 1 heterocycles. The van der Waals surface area contributed by atoms with E-state index in [1.54, 1.807) is 0 Å². The zero-order valence-corrected chi connectivity index (χ0v) is 30.9. The lowest BCUT2D eigenvalue weighted by atomic mass is 9.79. The van der Waals surface area contributed by atoms with Gasteiger partial charge in [-0.2, -0.15) is 0 Å². The summed E-state index contributed by atoms with van der Waals surface area (Å²) in [7, 11) is 0. The van der Waals surface area contributed by atoms with Gasteiger partial charge in [0.25, 0.3) is 0 Å². The second-order valence-corrected chi connectivity index (χ2v) is 14.9. The van der Waals surface area contributed by atoms with E-state index in [0.29, 0.717) is 11.8 Å². The van der Waals surface area contributed by atoms with Crippen molar-refractivity contribution in [2.75, 3.05) is 0 Å². The van der Waals surface area contributed by atoms with Crippen molar-refractivity contribution in [3.63, 3.8) is 0 Å². The third-order valence-corrected chi connectivity index (χ3v) is 11.8. The second kappa shape index (κ2) is 13.9. The monoisotopic (exact) mass is 703 g/mol. The summed E-state index contributed by atoms with van der Waals surface area (Å²) < 4.78 is 2.48. The van der Waals surface area contributed by atoms with Gasteiger partial charge in [0.2, 0.25) is 0 Å². The molecular formula is C54H41N. The molecule has 1 aromatic heterocycles. The number of fused-ring (bicyclic) bond motifs is 5. The van der Waals surface area contributed by atoms with Crippen LogP contribution in [0.3, 0.4) is 0 Å². The Kier molecular flexibility index (Phi) is 8.34. The maximum absolute atomic E-state index is 2.48. The van der Waals surface area contributed by atoms with Gasteiger partial charge in [-0.15, -0.1) is 0 Å². The van der Waals surface area contributed by atoms with E-state index in [2.05, 4.69) is 218 Å². The zero-order chi connectivity index (χ0) is 36.7. The largest absolute Gasteiger partial charge is 0.308 e. The van der Waals surface area contributed by atoms with Crippen LogP contribution in [0.5, 0.6) is 0 Å². The van der Waals surface area contributed by atoms with Crippen LogP contribution in [-0.2, 0) is 6.42 Å². The molecular weight excluding hydrogens is 663 g/mol. The van der Waals surface area contributed by atoms with Gasteiger partial charge in [0, 0.05) is 21.5 Å². The highest BCUT2D eigenvalue weighted by atomic mass is 15.0. The summed E-state index contributed by atoms with van der Waals surface area (Å²) in [4.78, 5) is 0. The molecule has 262 valence electrons. The van der Waals surface area contributed by atoms with E-state index in [9.17, 15) is 0 Å². The van der Waals surface area contributed by atoms with Crippen LogP contribution in [-0.4, -0.2) is 4.57 Å². The molecule has 10 aromatic rings. The van der Waals surface area contributed by atoms with Crippen molar-refractivity contribution < 1.29 is 0 Å². The summed E-state index contributed by atoms with van der Waals surface area (Å²) in [5, 5.41) is 7.56. The fourth-order valence-corrected chi connectivity index (χ4v) is 9.01. The Bertz CT molecular complexity index is 2830. The maximum Gasteiger partial charge on any atom is 0.0619 e. The van der Waals surface area contributed by atoms with Crippen molar-refractivity contribution in [2.24, 2.45) is 0 Å². The van der Waals surface area contributed by atoms with E-state index in [0.717, 1.165) is 6.42 Å². The number of hydrogen-bond acceptors (Lipinski definition) is 0. The average Bonchev–Trinajstić information content (AvgIpc) is 3.59. The van der Waals surface area contributed by atoms with Crippen molar-refractivity contribution in [3.05, 3.63) is 223 Å². The van der Waals surface area contributed by atoms with Crippen molar-refractivity contribution >= 4 is 43.4 Å². The van der Waals surface area contributed by atoms with Gasteiger partial charge in [-0.1, -0.05) is 201 Å². The van der Waals surface area contributed by atoms with E-state index in [4.69, 9.17) is 0 Å². The van der Waals surface area contributed by atoms with Crippen LogP contribution < -0.4 is 0 Å². The second-order valence-electron chi connectivity index (χ2n) is 14.9. The van der Waals surface area contributed by atoms with E-state index in [1.807, 2.05) is 0 Å². The predicted octanol–water partition coefficient (Wildman–Crippen LogP) is 14.6. The molecule has 1 nitrogen and oxygen atoms in total. The van der Waals surface area contributed by atoms with Crippen LogP contribution in [0.15, 0.2) is 206 Å². The number of hydrogen-bond donors (Lipinski definition) is 0. The quantitative estimate of drug-likeness (QED) is 0.139. The summed E-state index contributed by atoms with van der Waals surface area (Å²) >= 11 is 0. The van der Waals surface area contributed by atoms with Gasteiger partial charge >= 0.3 is 0 Å². The van der Waals surface area contributed by atoms with Crippen LogP contribution in [0.4, 0.5) is 0 Å². The lowest BCUT2D eigenvalue weighted by molar-refractivity contribution is 0.572. The SMILES string of the molecule is CC(c1ccc(-c2ccc(-c3c4ccccc4c(-n4c5ccccc5c5ccccc54)c4ccccc34)cc2)cc1)C(Cc1ccccc1)c1ccccc1. The van der Waals surface area contributed by atoms with Crippen molar-refractivity contribution in [3.8, 4) is 27.9 Å². The summed E-state index contributed by atoms with van der Waals surface area (Å²) in [6, 6.07) is 75.9. The molecule has 0 saturated carbocycles. The molecule has 0 aliphatic heterocycles. The first-order valence-electron chi connectivity index (χ1n) is 19.4. The molecule has 55 heavy (non-hydrogen) atoms. The molecule has 1 heteroatoms. The number of rotatable bonds is 8. The molecule has 0 bridgehead atoms. The molecule has 10 rings (SSSR count). The van der Waals surface area contributed by atoms with Gasteiger partial charge in [0.15, 0.2) is 0 Å². The van der Waals surface area contributed by atoms with Crippen LogP contribution >= 0.6 is 0 Å². The molecule has 2 unspecified atom stereocenters. The smallest absolute Gasteiger partial charge is 0.0619 e. The maximum atomic E-state index is 2.48. The standard InChI is InChI=1S/C54H41N/c1-37(50(42-18-6-3-7-19-42)36-38-16-4-2-5-17-38)39-28-30-40(31-29-39)41-32-34-43(35-33-41)53-46-22-8-10-24-48(46)54(49-25-11-9-23-47(49)53)55-51-26-14-12-20-44(51)45-21-13-15-27-52(45)55/h2-35,37,50H,36H2,1H3. The Morgan fingerprint density at radius 1 is 0.364 bits per heavy atom. The Morgan fingerprint density at radius 2 is 0.782 bits per heavy atom. The van der Waals surface area contributed by atoms with E-state index >= 15 is 0 Å². The lowest BCUT2D eigenvalue weighted by Crippen LogP contribution is -2.11.